The summed E-state index contributed by atoms with van der Waals surface area (Å²) in [6, 6.07) is 37.2. The number of allylic oxidation sites excluding steroid dienone is 3. The monoisotopic (exact) mass is 517 g/mol. The first-order chi connectivity index (χ1) is 19.7. The van der Waals surface area contributed by atoms with Crippen molar-refractivity contribution in [1.82, 2.24) is 0 Å². The lowest BCUT2D eigenvalue weighted by atomic mass is 9.80. The third-order valence-corrected chi connectivity index (χ3v) is 8.08. The van der Waals surface area contributed by atoms with Crippen molar-refractivity contribution < 1.29 is 4.74 Å². The Morgan fingerprint density at radius 1 is 0.675 bits per heavy atom. The maximum absolute atomic E-state index is 5.28. The van der Waals surface area contributed by atoms with Gasteiger partial charge in [-0.3, -0.25) is 0 Å². The van der Waals surface area contributed by atoms with Crippen molar-refractivity contribution >= 4 is 45.6 Å². The number of methoxy groups -OCH3 is 1. The van der Waals surface area contributed by atoms with Gasteiger partial charge in [0.2, 0.25) is 0 Å². The van der Waals surface area contributed by atoms with E-state index in [-0.39, 0.29) is 0 Å². The third-order valence-electron chi connectivity index (χ3n) is 8.08. The molecule has 0 saturated carbocycles. The molecule has 2 aliphatic rings. The minimum Gasteiger partial charge on any atom is -0.497 e. The fourth-order valence-electron chi connectivity index (χ4n) is 5.98. The number of ether oxygens (including phenoxy) is 1. The molecule has 40 heavy (non-hydrogen) atoms. The van der Waals surface area contributed by atoms with Crippen LogP contribution in [0.3, 0.4) is 0 Å². The Bertz CT molecular complexity index is 1800. The minimum atomic E-state index is 0.870. The number of anilines is 2. The minimum absolute atomic E-state index is 0.870. The van der Waals surface area contributed by atoms with Crippen molar-refractivity contribution in [1.29, 1.82) is 0 Å². The quantitative estimate of drug-likeness (QED) is 0.208. The lowest BCUT2D eigenvalue weighted by molar-refractivity contribution is 0.415. The Labute approximate surface area is 236 Å². The van der Waals surface area contributed by atoms with Gasteiger partial charge in [0.05, 0.1) is 12.8 Å². The van der Waals surface area contributed by atoms with E-state index in [1.807, 2.05) is 12.1 Å². The second kappa shape index (κ2) is 10.1. The van der Waals surface area contributed by atoms with Gasteiger partial charge in [-0.2, -0.15) is 0 Å². The Balaban J connectivity index is 1.29. The highest BCUT2D eigenvalue weighted by atomic mass is 16.5. The summed E-state index contributed by atoms with van der Waals surface area (Å²) in [5, 5.41) is 2.75. The molecule has 0 heterocycles. The molecule has 0 aromatic heterocycles. The molecule has 5 aromatic carbocycles. The molecule has 5 aromatic rings. The molecule has 7 rings (SSSR count). The molecule has 0 N–H and O–H groups in total. The lowest BCUT2D eigenvalue weighted by Crippen LogP contribution is -2.19. The summed E-state index contributed by atoms with van der Waals surface area (Å²) in [6.07, 6.45) is 11.1. The Morgan fingerprint density at radius 2 is 1.35 bits per heavy atom. The predicted octanol–water partition coefficient (Wildman–Crippen LogP) is 9.85. The average Bonchev–Trinajstić information content (AvgIpc) is 3.01. The van der Waals surface area contributed by atoms with Crippen LogP contribution in [0.2, 0.25) is 0 Å². The normalized spacial score (nSPS) is 13.8. The molecule has 0 radical (unpaired) electrons. The van der Waals surface area contributed by atoms with Crippen LogP contribution in [0, 0.1) is 6.92 Å². The number of hydrogen-bond donors (Lipinski definition) is 0. The van der Waals surface area contributed by atoms with Gasteiger partial charge in [-0.25, -0.2) is 0 Å². The highest BCUT2D eigenvalue weighted by Crippen LogP contribution is 2.46. The van der Waals surface area contributed by atoms with Crippen molar-refractivity contribution in [3.63, 3.8) is 0 Å². The van der Waals surface area contributed by atoms with Gasteiger partial charge in [0, 0.05) is 16.9 Å². The molecule has 2 heteroatoms. The highest BCUT2D eigenvalue weighted by Gasteiger charge is 2.27. The lowest BCUT2D eigenvalue weighted by Gasteiger charge is -2.34. The van der Waals surface area contributed by atoms with E-state index < -0.39 is 0 Å². The second-order valence-electron chi connectivity index (χ2n) is 10.6. The largest absolute Gasteiger partial charge is 0.497 e. The SMILES string of the molecule is COc1ccc(C=Cc2ccc(N(C3=CCC4=CCc5cccc6ccc3c4c56)c3ccc(C)cc3)cc2)cc1. The molecule has 0 aliphatic heterocycles. The second-order valence-corrected chi connectivity index (χ2v) is 10.6. The fourth-order valence-corrected chi connectivity index (χ4v) is 5.98. The van der Waals surface area contributed by atoms with E-state index >= 15 is 0 Å². The van der Waals surface area contributed by atoms with E-state index in [4.69, 9.17) is 4.74 Å². The molecule has 0 saturated heterocycles. The maximum atomic E-state index is 5.28. The van der Waals surface area contributed by atoms with E-state index in [0.717, 1.165) is 35.4 Å². The van der Waals surface area contributed by atoms with E-state index in [9.17, 15) is 0 Å². The van der Waals surface area contributed by atoms with Crippen LogP contribution in [0.25, 0.3) is 34.2 Å². The molecule has 0 amide bonds. The summed E-state index contributed by atoms with van der Waals surface area (Å²) in [5.74, 6) is 0.870. The van der Waals surface area contributed by atoms with Crippen LogP contribution in [-0.2, 0) is 6.42 Å². The maximum Gasteiger partial charge on any atom is 0.118 e. The Kier molecular flexibility index (Phi) is 6.09. The fraction of sp³-hybridized carbons (Fsp3) is 0.105. The topological polar surface area (TPSA) is 12.5 Å². The van der Waals surface area contributed by atoms with Gasteiger partial charge in [0.1, 0.15) is 5.75 Å². The van der Waals surface area contributed by atoms with Crippen LogP contribution in [0.15, 0.2) is 115 Å². The van der Waals surface area contributed by atoms with Gasteiger partial charge in [0.15, 0.2) is 0 Å². The van der Waals surface area contributed by atoms with Crippen molar-refractivity contribution in [3.05, 3.63) is 149 Å². The van der Waals surface area contributed by atoms with Gasteiger partial charge in [-0.05, 0) is 94.8 Å². The van der Waals surface area contributed by atoms with Gasteiger partial charge in [0.25, 0.3) is 0 Å². The highest BCUT2D eigenvalue weighted by molar-refractivity contribution is 6.06. The summed E-state index contributed by atoms with van der Waals surface area (Å²) < 4.78 is 5.28. The van der Waals surface area contributed by atoms with Crippen molar-refractivity contribution in [3.8, 4) is 5.75 Å². The molecule has 0 atom stereocenters. The first-order valence-electron chi connectivity index (χ1n) is 13.9. The zero-order chi connectivity index (χ0) is 27.1. The Morgan fingerprint density at radius 3 is 2.05 bits per heavy atom. The molecule has 0 fully saturated rings. The number of aryl methyl sites for hydroxylation is 1. The van der Waals surface area contributed by atoms with E-state index in [0.29, 0.717) is 0 Å². The van der Waals surface area contributed by atoms with Gasteiger partial charge >= 0.3 is 0 Å². The van der Waals surface area contributed by atoms with Crippen molar-refractivity contribution in [2.24, 2.45) is 0 Å². The van der Waals surface area contributed by atoms with Crippen molar-refractivity contribution in [2.75, 3.05) is 12.0 Å². The zero-order valence-electron chi connectivity index (χ0n) is 22.9. The molecule has 0 spiro atoms. The summed E-state index contributed by atoms with van der Waals surface area (Å²) in [7, 11) is 1.69. The molecule has 2 nitrogen and oxygen atoms in total. The number of benzene rings is 5. The molecule has 0 bridgehead atoms. The summed E-state index contributed by atoms with van der Waals surface area (Å²) >= 11 is 0. The van der Waals surface area contributed by atoms with Gasteiger partial charge in [-0.1, -0.05) is 96.6 Å². The van der Waals surface area contributed by atoms with Crippen LogP contribution in [0.4, 0.5) is 11.4 Å². The van der Waals surface area contributed by atoms with Crippen LogP contribution in [0.5, 0.6) is 5.75 Å². The summed E-state index contributed by atoms with van der Waals surface area (Å²) in [4.78, 5) is 2.42. The standard InChI is InChI=1S/C38H31NO/c1-26-6-18-32(19-7-26)39(33-20-10-27(11-21-33)8-9-28-12-22-34(40-2)23-13-28)36-25-17-31-15-14-29-4-3-5-30-16-24-35(36)38(31)37(29)30/h3-13,15-16,18-25H,14,17H2,1-2H3. The van der Waals surface area contributed by atoms with Crippen LogP contribution in [0.1, 0.15) is 39.8 Å². The molecular formula is C38H31NO. The average molecular weight is 518 g/mol. The third kappa shape index (κ3) is 4.32. The zero-order valence-corrected chi connectivity index (χ0v) is 22.9. The first-order valence-corrected chi connectivity index (χ1v) is 13.9. The van der Waals surface area contributed by atoms with E-state index in [2.05, 4.69) is 127 Å². The smallest absolute Gasteiger partial charge is 0.118 e. The summed E-state index contributed by atoms with van der Waals surface area (Å²) in [5.41, 5.74) is 12.7. The predicted molar refractivity (Wildman–Crippen MR) is 170 cm³/mol. The summed E-state index contributed by atoms with van der Waals surface area (Å²) in [6.45, 7) is 2.14. The molecular weight excluding hydrogens is 486 g/mol. The van der Waals surface area contributed by atoms with Crippen LogP contribution < -0.4 is 9.64 Å². The first kappa shape index (κ1) is 24.2. The molecule has 194 valence electrons. The number of nitrogens with zero attached hydrogens (tertiary/aromatic N) is 1. The molecule has 2 aliphatic carbocycles. The van der Waals surface area contributed by atoms with Gasteiger partial charge in [-0.15, -0.1) is 0 Å². The van der Waals surface area contributed by atoms with Crippen LogP contribution >= 0.6 is 0 Å². The van der Waals surface area contributed by atoms with Gasteiger partial charge < -0.3 is 9.64 Å². The number of rotatable bonds is 6. The number of hydrogen-bond acceptors (Lipinski definition) is 2. The van der Waals surface area contributed by atoms with Crippen LogP contribution in [-0.4, -0.2) is 7.11 Å². The molecule has 0 unspecified atom stereocenters. The van der Waals surface area contributed by atoms with Crippen molar-refractivity contribution in [2.45, 2.75) is 19.8 Å². The van der Waals surface area contributed by atoms with E-state index in [1.54, 1.807) is 7.11 Å². The Hall–Kier alpha value is -4.82. The van der Waals surface area contributed by atoms with E-state index in [1.165, 1.54) is 50.0 Å².